The summed E-state index contributed by atoms with van der Waals surface area (Å²) in [5.41, 5.74) is 3.18. The minimum atomic E-state index is -0.241. The van der Waals surface area contributed by atoms with Crippen molar-refractivity contribution in [3.63, 3.8) is 0 Å². The molecule has 0 aliphatic rings. The molecule has 124 valence electrons. The third kappa shape index (κ3) is 2.41. The number of carbonyl (C=O) groups is 1. The molecule has 0 fully saturated rings. The number of fused-ring (bicyclic) bond motifs is 2. The molecule has 0 unspecified atom stereocenters. The number of carbonyl (C=O) groups excluding carboxylic acids is 1. The summed E-state index contributed by atoms with van der Waals surface area (Å²) in [5.74, 6) is 0.417. The van der Waals surface area contributed by atoms with Crippen LogP contribution in [-0.4, -0.2) is 20.2 Å². The minimum absolute atomic E-state index is 0.133. The third-order valence-corrected chi connectivity index (χ3v) is 5.31. The predicted octanol–water partition coefficient (Wildman–Crippen LogP) is 3.79. The maximum atomic E-state index is 13.1. The zero-order valence-corrected chi connectivity index (χ0v) is 15.2. The van der Waals surface area contributed by atoms with Gasteiger partial charge in [0.05, 0.1) is 22.1 Å². The van der Waals surface area contributed by atoms with Crippen LogP contribution in [0.5, 0.6) is 0 Å². The van der Waals surface area contributed by atoms with Gasteiger partial charge >= 0.3 is 0 Å². The van der Waals surface area contributed by atoms with Crippen LogP contribution in [0.15, 0.2) is 51.9 Å². The fraction of sp³-hybridized carbons (Fsp3) is 0.105. The highest BCUT2D eigenvalue weighted by Crippen LogP contribution is 2.30. The summed E-state index contributed by atoms with van der Waals surface area (Å²) in [6.45, 7) is 3.64. The van der Waals surface area contributed by atoms with E-state index in [9.17, 15) is 9.59 Å². The van der Waals surface area contributed by atoms with Gasteiger partial charge in [0.15, 0.2) is 0 Å². The minimum Gasteiger partial charge on any atom is -0.312 e. The van der Waals surface area contributed by atoms with E-state index >= 15 is 0 Å². The molecular formula is C19H14BrN3O2. The van der Waals surface area contributed by atoms with Crippen LogP contribution in [0.1, 0.15) is 27.4 Å². The molecule has 3 heterocycles. The van der Waals surface area contributed by atoms with Crippen molar-refractivity contribution in [3.05, 3.63) is 80.1 Å². The largest absolute Gasteiger partial charge is 0.312 e. The Morgan fingerprint density at radius 2 is 2.00 bits per heavy atom. The molecule has 6 heteroatoms. The normalized spacial score (nSPS) is 11.3. The van der Waals surface area contributed by atoms with Gasteiger partial charge in [-0.25, -0.2) is 4.98 Å². The van der Waals surface area contributed by atoms with Crippen LogP contribution in [-0.2, 0) is 0 Å². The van der Waals surface area contributed by atoms with Crippen LogP contribution in [0.3, 0.4) is 0 Å². The molecule has 0 radical (unpaired) electrons. The second kappa shape index (κ2) is 5.67. The summed E-state index contributed by atoms with van der Waals surface area (Å²) in [5, 5.41) is 0.411. The number of hydrogen-bond donors (Lipinski definition) is 1. The monoisotopic (exact) mass is 395 g/mol. The highest BCUT2D eigenvalue weighted by molar-refractivity contribution is 9.10. The van der Waals surface area contributed by atoms with Crippen molar-refractivity contribution in [2.24, 2.45) is 0 Å². The van der Waals surface area contributed by atoms with E-state index in [0.717, 1.165) is 15.6 Å². The van der Waals surface area contributed by atoms with Gasteiger partial charge < -0.3 is 9.38 Å². The molecule has 1 N–H and O–H groups in total. The molecule has 0 saturated carbocycles. The Kier molecular flexibility index (Phi) is 3.58. The van der Waals surface area contributed by atoms with Crippen LogP contribution in [0.4, 0.5) is 0 Å². The zero-order chi connectivity index (χ0) is 17.7. The summed E-state index contributed by atoms with van der Waals surface area (Å²) in [4.78, 5) is 32.3. The first kappa shape index (κ1) is 15.8. The number of hydrogen-bond acceptors (Lipinski definition) is 3. The molecule has 0 spiro atoms. The van der Waals surface area contributed by atoms with Crippen LogP contribution in [0, 0.1) is 13.8 Å². The van der Waals surface area contributed by atoms with Crippen LogP contribution in [0.2, 0.25) is 0 Å². The second-order valence-corrected chi connectivity index (χ2v) is 6.75. The van der Waals surface area contributed by atoms with E-state index in [1.807, 2.05) is 35.7 Å². The van der Waals surface area contributed by atoms with Gasteiger partial charge in [0.1, 0.15) is 5.82 Å². The molecule has 1 aromatic carbocycles. The number of aromatic nitrogens is 3. The summed E-state index contributed by atoms with van der Waals surface area (Å²) in [6.07, 6.45) is 1.86. The molecule has 0 saturated heterocycles. The molecule has 3 aromatic heterocycles. The van der Waals surface area contributed by atoms with Crippen molar-refractivity contribution in [1.82, 2.24) is 14.4 Å². The molecule has 0 aliphatic heterocycles. The van der Waals surface area contributed by atoms with E-state index in [1.54, 1.807) is 25.1 Å². The van der Waals surface area contributed by atoms with Gasteiger partial charge in [0, 0.05) is 16.2 Å². The Bertz CT molecular complexity index is 1220. The number of benzene rings is 1. The maximum Gasteiger partial charge on any atom is 0.258 e. The van der Waals surface area contributed by atoms with Crippen molar-refractivity contribution in [1.29, 1.82) is 0 Å². The fourth-order valence-electron chi connectivity index (χ4n) is 3.11. The SMILES string of the molecule is Cc1nc2ccc(C(=O)c3c(C)c(Br)c4ccccn34)cc2c(=O)[nH]1. The average Bonchev–Trinajstić information content (AvgIpc) is 2.85. The van der Waals surface area contributed by atoms with E-state index in [1.165, 1.54) is 0 Å². The number of halogens is 1. The lowest BCUT2D eigenvalue weighted by Crippen LogP contribution is -2.12. The Balaban J connectivity index is 1.94. The summed E-state index contributed by atoms with van der Waals surface area (Å²) < 4.78 is 2.76. The van der Waals surface area contributed by atoms with E-state index in [4.69, 9.17) is 0 Å². The molecule has 0 amide bonds. The number of aromatic amines is 1. The van der Waals surface area contributed by atoms with Crippen molar-refractivity contribution in [2.45, 2.75) is 13.8 Å². The highest BCUT2D eigenvalue weighted by Gasteiger charge is 2.21. The summed E-state index contributed by atoms with van der Waals surface area (Å²) in [7, 11) is 0. The number of pyridine rings is 1. The number of rotatable bonds is 2. The first-order valence-electron chi connectivity index (χ1n) is 7.78. The Morgan fingerprint density at radius 3 is 2.80 bits per heavy atom. The van der Waals surface area contributed by atoms with Crippen molar-refractivity contribution >= 4 is 38.1 Å². The highest BCUT2D eigenvalue weighted by atomic mass is 79.9. The number of nitrogens with one attached hydrogen (secondary N) is 1. The standard InChI is InChI=1S/C19H14BrN3O2/c1-10-16(20)15-5-3-4-8-23(15)17(10)18(24)12-6-7-14-13(9-12)19(25)22-11(2)21-14/h3-9H,1-2H3,(H,21,22,25). The van der Waals surface area contributed by atoms with Gasteiger partial charge in [-0.1, -0.05) is 6.07 Å². The Morgan fingerprint density at radius 1 is 1.20 bits per heavy atom. The third-order valence-electron chi connectivity index (χ3n) is 4.31. The van der Waals surface area contributed by atoms with Crippen molar-refractivity contribution in [3.8, 4) is 0 Å². The van der Waals surface area contributed by atoms with Crippen LogP contribution in [0.25, 0.3) is 16.4 Å². The van der Waals surface area contributed by atoms with Gasteiger partial charge in [-0.15, -0.1) is 0 Å². The molecule has 0 bridgehead atoms. The van der Waals surface area contributed by atoms with E-state index in [-0.39, 0.29) is 11.3 Å². The van der Waals surface area contributed by atoms with Gasteiger partial charge in [-0.2, -0.15) is 0 Å². The lowest BCUT2D eigenvalue weighted by Gasteiger charge is -2.05. The van der Waals surface area contributed by atoms with Gasteiger partial charge in [-0.3, -0.25) is 9.59 Å². The molecule has 0 atom stereocenters. The smallest absolute Gasteiger partial charge is 0.258 e. The molecule has 4 rings (SSSR count). The van der Waals surface area contributed by atoms with E-state index in [0.29, 0.717) is 28.0 Å². The van der Waals surface area contributed by atoms with Crippen LogP contribution < -0.4 is 5.56 Å². The van der Waals surface area contributed by atoms with E-state index < -0.39 is 0 Å². The van der Waals surface area contributed by atoms with Gasteiger partial charge in [0.2, 0.25) is 5.78 Å². The average molecular weight is 396 g/mol. The number of ketones is 1. The first-order valence-corrected chi connectivity index (χ1v) is 8.57. The summed E-state index contributed by atoms with van der Waals surface area (Å²) >= 11 is 3.56. The topological polar surface area (TPSA) is 67.2 Å². The zero-order valence-electron chi connectivity index (χ0n) is 13.6. The number of H-pyrrole nitrogens is 1. The lowest BCUT2D eigenvalue weighted by molar-refractivity contribution is 0.103. The Labute approximate surface area is 151 Å². The van der Waals surface area contributed by atoms with E-state index in [2.05, 4.69) is 25.9 Å². The van der Waals surface area contributed by atoms with Crippen LogP contribution >= 0.6 is 15.9 Å². The lowest BCUT2D eigenvalue weighted by atomic mass is 10.0. The van der Waals surface area contributed by atoms with Crippen molar-refractivity contribution < 1.29 is 4.79 Å². The Hall–Kier alpha value is -2.73. The first-order chi connectivity index (χ1) is 12.0. The molecule has 5 nitrogen and oxygen atoms in total. The van der Waals surface area contributed by atoms with Gasteiger partial charge in [-0.05, 0) is 65.7 Å². The van der Waals surface area contributed by atoms with Crippen molar-refractivity contribution in [2.75, 3.05) is 0 Å². The van der Waals surface area contributed by atoms with Gasteiger partial charge in [0.25, 0.3) is 5.56 Å². The molecular weight excluding hydrogens is 382 g/mol. The fourth-order valence-corrected chi connectivity index (χ4v) is 3.62. The second-order valence-electron chi connectivity index (χ2n) is 5.96. The number of nitrogens with zero attached hydrogens (tertiary/aromatic N) is 2. The molecule has 0 aliphatic carbocycles. The quantitative estimate of drug-likeness (QED) is 0.525. The molecule has 25 heavy (non-hydrogen) atoms. The molecule has 4 aromatic rings. The number of aryl methyl sites for hydroxylation is 1. The predicted molar refractivity (Wildman–Crippen MR) is 100 cm³/mol. The maximum absolute atomic E-state index is 13.1. The summed E-state index contributed by atoms with van der Waals surface area (Å²) in [6, 6.07) is 10.8.